The van der Waals surface area contributed by atoms with Crippen LogP contribution in [-0.4, -0.2) is 51.1 Å². The fraction of sp³-hybridized carbons (Fsp3) is 0.643. The van der Waals surface area contributed by atoms with E-state index in [1.807, 2.05) is 0 Å². The number of H-pyrrole nitrogens is 1. The van der Waals surface area contributed by atoms with Crippen LogP contribution in [0.15, 0.2) is 21.9 Å². The van der Waals surface area contributed by atoms with Crippen molar-refractivity contribution in [2.75, 3.05) is 12.4 Å². The van der Waals surface area contributed by atoms with E-state index in [1.54, 1.807) is 0 Å². The van der Waals surface area contributed by atoms with Crippen LogP contribution >= 0.6 is 12.6 Å². The largest absolute Gasteiger partial charge is 1.00 e. The van der Waals surface area contributed by atoms with Crippen LogP contribution in [0.4, 0.5) is 0 Å². The Morgan fingerprint density at radius 1 is 1.38 bits per heavy atom. The molecule has 1 aromatic heterocycles. The molecule has 0 saturated carbocycles. The number of rotatable bonds is 5. The number of nitrogens with one attached hydrogen (secondary N) is 1. The van der Waals surface area contributed by atoms with Gasteiger partial charge in [0, 0.05) is 18.7 Å². The van der Waals surface area contributed by atoms with Gasteiger partial charge in [0.05, 0.1) is 6.61 Å². The summed E-state index contributed by atoms with van der Waals surface area (Å²) in [4.78, 5) is 25.4. The second-order valence-electron chi connectivity index (χ2n) is 5.56. The van der Waals surface area contributed by atoms with Gasteiger partial charge in [-0.15, -0.1) is 6.42 Å². The molecule has 2 N–H and O–H groups in total. The zero-order chi connectivity index (χ0) is 16.6. The number of aliphatic hydroxyl groups is 1. The number of hydrogen-bond acceptors (Lipinski definition) is 7. The second-order valence-corrected chi connectivity index (χ2v) is 6.01. The Labute approximate surface area is 203 Å². The predicted octanol–water partition coefficient (Wildman–Crippen LogP) is -3.55. The Bertz CT molecular complexity index is 682. The van der Waals surface area contributed by atoms with Gasteiger partial charge in [-0.3, -0.25) is 14.3 Å². The van der Waals surface area contributed by atoms with Gasteiger partial charge in [0.15, 0.2) is 6.23 Å². The van der Waals surface area contributed by atoms with Crippen molar-refractivity contribution in [3.05, 3.63) is 40.0 Å². The number of nitrogens with zero attached hydrogens (tertiary/aromatic N) is 1. The van der Waals surface area contributed by atoms with E-state index in [9.17, 15) is 14.7 Å². The average Bonchev–Trinajstić information content (AvgIpc) is 3.04. The number of aliphatic hydroxyl groups excluding tert-OH is 1. The topological polar surface area (TPSA) is 103 Å². The molecule has 5 atom stereocenters. The summed E-state index contributed by atoms with van der Waals surface area (Å²) in [5.74, 6) is -0.360. The molecule has 0 amide bonds. The number of aromatic amines is 1. The molecule has 8 nitrogen and oxygen atoms in total. The average molecular weight is 476 g/mol. The molecular weight excluding hydrogens is 457 g/mol. The van der Waals surface area contributed by atoms with Gasteiger partial charge < -0.3 is 26.2 Å². The molecule has 2 aliphatic heterocycles. The molecule has 0 bridgehead atoms. The minimum atomic E-state index is -0.904. The summed E-state index contributed by atoms with van der Waals surface area (Å²) in [5, 5.41) is 9.53. The number of ether oxygens (including phenoxy) is 3. The number of fused-ring (bicyclic) bond motifs is 1. The maximum absolute atomic E-state index is 12.0. The maximum atomic E-state index is 12.0. The third kappa shape index (κ3) is 3.93. The molecular formula is C14H19CsN2O6S. The molecule has 0 aliphatic carbocycles. The minimum Gasteiger partial charge on any atom is -0.394 e. The summed E-state index contributed by atoms with van der Waals surface area (Å²) in [5.41, 5.74) is -1.10. The standard InChI is InChI=1S/C14H19N2O6S.Cs/c1-2-14(4-6-23)21-10-8(7-17)20-12(11(10)22-14)16-5-3-9(18)15-13(16)19;/h3,5,8,10-12,17,23H,1-2,4,6-7H2,(H,15,18,19);/q-1;+1. The molecule has 3 rings (SSSR count). The van der Waals surface area contributed by atoms with Crippen LogP contribution in [-0.2, 0) is 14.2 Å². The van der Waals surface area contributed by atoms with Crippen molar-refractivity contribution in [2.24, 2.45) is 0 Å². The minimum absolute atomic E-state index is 0. The second kappa shape index (κ2) is 8.74. The molecule has 128 valence electrons. The molecule has 2 fully saturated rings. The van der Waals surface area contributed by atoms with Crippen molar-refractivity contribution in [2.45, 2.75) is 43.2 Å². The quantitative estimate of drug-likeness (QED) is 0.301. The van der Waals surface area contributed by atoms with Crippen LogP contribution in [0.5, 0.6) is 0 Å². The van der Waals surface area contributed by atoms with Crippen LogP contribution in [0.3, 0.4) is 0 Å². The van der Waals surface area contributed by atoms with E-state index >= 15 is 0 Å². The number of thiol groups is 1. The van der Waals surface area contributed by atoms with Gasteiger partial charge in [0.1, 0.15) is 24.1 Å². The Kier molecular flexibility index (Phi) is 7.73. The third-order valence-corrected chi connectivity index (χ3v) is 4.39. The van der Waals surface area contributed by atoms with Crippen LogP contribution in [0, 0.1) is 6.92 Å². The maximum Gasteiger partial charge on any atom is 1.00 e. The van der Waals surface area contributed by atoms with Gasteiger partial charge in [0.25, 0.3) is 5.56 Å². The Morgan fingerprint density at radius 2 is 2.08 bits per heavy atom. The first-order chi connectivity index (χ1) is 11.0. The first-order valence-corrected chi connectivity index (χ1v) is 8.00. The molecule has 1 aromatic rings. The van der Waals surface area contributed by atoms with Gasteiger partial charge in [-0.2, -0.15) is 12.6 Å². The van der Waals surface area contributed by atoms with E-state index in [4.69, 9.17) is 14.2 Å². The van der Waals surface area contributed by atoms with Crippen molar-refractivity contribution >= 4 is 12.6 Å². The van der Waals surface area contributed by atoms with Crippen LogP contribution in [0.1, 0.15) is 19.1 Å². The summed E-state index contributed by atoms with van der Waals surface area (Å²) in [6, 6.07) is 1.23. The van der Waals surface area contributed by atoms with Crippen molar-refractivity contribution in [3.8, 4) is 0 Å². The van der Waals surface area contributed by atoms with Gasteiger partial charge >= 0.3 is 74.6 Å². The first kappa shape index (κ1) is 21.2. The Hall–Kier alpha value is 0.922. The third-order valence-electron chi connectivity index (χ3n) is 4.17. The molecule has 5 unspecified atom stereocenters. The van der Waals surface area contributed by atoms with E-state index in [2.05, 4.69) is 24.5 Å². The summed E-state index contributed by atoms with van der Waals surface area (Å²) in [6.07, 6.45) is -0.298. The van der Waals surface area contributed by atoms with Crippen LogP contribution in [0.25, 0.3) is 0 Å². The van der Waals surface area contributed by atoms with Gasteiger partial charge in [-0.05, 0) is 5.75 Å². The fourth-order valence-electron chi connectivity index (χ4n) is 3.03. The number of hydrogen-bond donors (Lipinski definition) is 3. The van der Waals surface area contributed by atoms with E-state index in [1.165, 1.54) is 16.8 Å². The summed E-state index contributed by atoms with van der Waals surface area (Å²) in [6.45, 7) is 3.59. The SMILES string of the molecule is [CH2-]CC1(CCS)OC2C(CO)OC(n3ccc(=O)[nH]c3=O)C2O1.[Cs+]. The smallest absolute Gasteiger partial charge is 0.394 e. The zero-order valence-electron chi connectivity index (χ0n) is 13.4. The molecule has 2 aliphatic rings. The Morgan fingerprint density at radius 3 is 2.67 bits per heavy atom. The van der Waals surface area contributed by atoms with E-state index in [0.717, 1.165) is 0 Å². The van der Waals surface area contributed by atoms with Crippen LogP contribution < -0.4 is 80.1 Å². The number of aromatic nitrogens is 2. The summed E-state index contributed by atoms with van der Waals surface area (Å²) in [7, 11) is 0. The first-order valence-electron chi connectivity index (χ1n) is 7.37. The molecule has 10 heteroatoms. The van der Waals surface area contributed by atoms with Crippen LogP contribution in [0.2, 0.25) is 0 Å². The van der Waals surface area contributed by atoms with Crippen molar-refractivity contribution in [3.63, 3.8) is 0 Å². The van der Waals surface area contributed by atoms with Gasteiger partial charge in [-0.25, -0.2) is 4.79 Å². The monoisotopic (exact) mass is 476 g/mol. The molecule has 24 heavy (non-hydrogen) atoms. The normalized spacial score (nSPS) is 34.8. The zero-order valence-corrected chi connectivity index (χ0v) is 20.6. The predicted molar refractivity (Wildman–Crippen MR) is 83.2 cm³/mol. The molecule has 0 aromatic carbocycles. The van der Waals surface area contributed by atoms with Crippen molar-refractivity contribution in [1.29, 1.82) is 0 Å². The fourth-order valence-corrected chi connectivity index (χ4v) is 3.37. The van der Waals surface area contributed by atoms with Crippen molar-refractivity contribution < 1.29 is 88.2 Å². The van der Waals surface area contributed by atoms with E-state index < -0.39 is 41.6 Å². The van der Waals surface area contributed by atoms with Crippen molar-refractivity contribution in [1.82, 2.24) is 9.55 Å². The Balaban J connectivity index is 0.00000208. The molecule has 0 radical (unpaired) electrons. The summed E-state index contributed by atoms with van der Waals surface area (Å²) >= 11 is 4.21. The van der Waals surface area contributed by atoms with E-state index in [-0.39, 0.29) is 75.5 Å². The molecule has 3 heterocycles. The molecule has 2 saturated heterocycles. The van der Waals surface area contributed by atoms with Gasteiger partial charge in [-0.1, -0.05) is 0 Å². The summed E-state index contributed by atoms with van der Waals surface area (Å²) < 4.78 is 18.9. The van der Waals surface area contributed by atoms with Gasteiger partial charge in [0.2, 0.25) is 0 Å². The molecule has 0 spiro atoms. The van der Waals surface area contributed by atoms with E-state index in [0.29, 0.717) is 18.6 Å².